The van der Waals surface area contributed by atoms with Crippen molar-refractivity contribution in [1.29, 1.82) is 0 Å². The number of amides is 2. The zero-order chi connectivity index (χ0) is 25.2. The Kier molecular flexibility index (Phi) is 9.23. The first-order chi connectivity index (χ1) is 16.9. The van der Waals surface area contributed by atoms with E-state index in [0.29, 0.717) is 31.6 Å². The number of aliphatic carboxylic acids is 1. The van der Waals surface area contributed by atoms with E-state index < -0.39 is 35.9 Å². The fourth-order valence-corrected chi connectivity index (χ4v) is 3.69. The van der Waals surface area contributed by atoms with Gasteiger partial charge in [-0.05, 0) is 49.1 Å². The number of nitrogens with one attached hydrogen (secondary N) is 1. The minimum absolute atomic E-state index is 0.161. The first-order valence-corrected chi connectivity index (χ1v) is 11.7. The van der Waals surface area contributed by atoms with Gasteiger partial charge in [0.05, 0.1) is 12.3 Å². The van der Waals surface area contributed by atoms with Gasteiger partial charge < -0.3 is 24.8 Å². The van der Waals surface area contributed by atoms with Crippen LogP contribution in [0.5, 0.6) is 11.5 Å². The van der Waals surface area contributed by atoms with Gasteiger partial charge in [-0.2, -0.15) is 0 Å². The summed E-state index contributed by atoms with van der Waals surface area (Å²) in [6.07, 6.45) is 0.577. The second-order valence-electron chi connectivity index (χ2n) is 8.42. The molecule has 186 valence electrons. The first kappa shape index (κ1) is 25.7. The molecule has 2 N–H and O–H groups in total. The van der Waals surface area contributed by atoms with Crippen molar-refractivity contribution in [2.45, 2.75) is 51.6 Å². The van der Waals surface area contributed by atoms with Crippen LogP contribution in [0.25, 0.3) is 0 Å². The molecule has 1 saturated carbocycles. The van der Waals surface area contributed by atoms with E-state index in [2.05, 4.69) is 5.32 Å². The minimum atomic E-state index is -1.07. The summed E-state index contributed by atoms with van der Waals surface area (Å²) in [6.45, 7) is 2.60. The fraction of sp³-hybridized carbons (Fsp3) is 0.385. The molecule has 3 rings (SSSR count). The summed E-state index contributed by atoms with van der Waals surface area (Å²) in [5.74, 6) is -1.41. The molecule has 0 aliphatic heterocycles. The number of para-hydroxylation sites is 1. The molecule has 0 saturated heterocycles. The number of nitrogens with zero attached hydrogens (tertiary/aromatic N) is 1. The maximum Gasteiger partial charge on any atom is 0.417 e. The molecular formula is C26H30N2O7. The molecule has 2 atom stereocenters. The van der Waals surface area contributed by atoms with E-state index in [9.17, 15) is 19.2 Å². The Morgan fingerprint density at radius 3 is 2.26 bits per heavy atom. The maximum atomic E-state index is 12.7. The lowest BCUT2D eigenvalue weighted by atomic mass is 9.79. The van der Waals surface area contributed by atoms with Crippen molar-refractivity contribution in [2.75, 3.05) is 6.54 Å². The number of benzene rings is 2. The highest BCUT2D eigenvalue weighted by atomic mass is 16.6. The zero-order valence-electron chi connectivity index (χ0n) is 19.6. The third-order valence-corrected chi connectivity index (χ3v) is 5.70. The van der Waals surface area contributed by atoms with Crippen LogP contribution in [0.2, 0.25) is 0 Å². The molecule has 1 fully saturated rings. The summed E-state index contributed by atoms with van der Waals surface area (Å²) in [5.41, 5.74) is 0.857. The van der Waals surface area contributed by atoms with E-state index in [-0.39, 0.29) is 19.4 Å². The number of hydrogen-bond acceptors (Lipinski definition) is 6. The molecular weight excluding hydrogens is 452 g/mol. The molecule has 0 bridgehead atoms. The van der Waals surface area contributed by atoms with Crippen LogP contribution in [0.15, 0.2) is 54.6 Å². The lowest BCUT2D eigenvalue weighted by Crippen LogP contribution is -2.51. The second-order valence-corrected chi connectivity index (χ2v) is 8.42. The number of carboxylic acid groups (broad SMARTS) is 1. The summed E-state index contributed by atoms with van der Waals surface area (Å²) >= 11 is 0. The molecule has 2 aromatic carbocycles. The highest BCUT2D eigenvalue weighted by molar-refractivity contribution is 5.88. The van der Waals surface area contributed by atoms with Gasteiger partial charge in [0.1, 0.15) is 11.5 Å². The number of rotatable bonds is 11. The van der Waals surface area contributed by atoms with Crippen molar-refractivity contribution in [1.82, 2.24) is 10.2 Å². The van der Waals surface area contributed by atoms with E-state index >= 15 is 0 Å². The van der Waals surface area contributed by atoms with E-state index in [1.165, 1.54) is 4.90 Å². The van der Waals surface area contributed by atoms with Gasteiger partial charge in [0.25, 0.3) is 0 Å². The Balaban J connectivity index is 1.52. The van der Waals surface area contributed by atoms with Gasteiger partial charge in [-0.15, -0.1) is 0 Å². The van der Waals surface area contributed by atoms with Crippen LogP contribution in [-0.2, 0) is 25.7 Å². The highest BCUT2D eigenvalue weighted by Crippen LogP contribution is 2.29. The van der Waals surface area contributed by atoms with Crippen LogP contribution in [-0.4, -0.2) is 46.5 Å². The third-order valence-electron chi connectivity index (χ3n) is 5.70. The summed E-state index contributed by atoms with van der Waals surface area (Å²) < 4.78 is 10.9. The number of carbonyl (C=O) groups is 4. The quantitative estimate of drug-likeness (QED) is 0.365. The van der Waals surface area contributed by atoms with Crippen LogP contribution in [0, 0.1) is 5.92 Å². The van der Waals surface area contributed by atoms with E-state index in [1.54, 1.807) is 0 Å². The van der Waals surface area contributed by atoms with Crippen molar-refractivity contribution < 1.29 is 33.8 Å². The summed E-state index contributed by atoms with van der Waals surface area (Å²) in [4.78, 5) is 49.2. The lowest BCUT2D eigenvalue weighted by Gasteiger charge is -2.35. The number of carboxylic acids is 1. The molecule has 9 heteroatoms. The van der Waals surface area contributed by atoms with Crippen molar-refractivity contribution >= 4 is 23.9 Å². The average Bonchev–Trinajstić information content (AvgIpc) is 2.82. The maximum absolute atomic E-state index is 12.7. The lowest BCUT2D eigenvalue weighted by molar-refractivity contribution is -0.148. The van der Waals surface area contributed by atoms with Gasteiger partial charge in [0.2, 0.25) is 5.91 Å². The fourth-order valence-electron chi connectivity index (χ4n) is 3.69. The van der Waals surface area contributed by atoms with Gasteiger partial charge in [0.15, 0.2) is 0 Å². The Hall–Kier alpha value is -3.88. The van der Waals surface area contributed by atoms with E-state index in [0.717, 1.165) is 11.3 Å². The third kappa shape index (κ3) is 7.84. The van der Waals surface area contributed by atoms with Crippen molar-refractivity contribution in [2.24, 2.45) is 5.92 Å². The highest BCUT2D eigenvalue weighted by Gasteiger charge is 2.40. The minimum Gasteiger partial charge on any atom is -0.481 e. The molecule has 0 radical (unpaired) electrons. The average molecular weight is 483 g/mol. The van der Waals surface area contributed by atoms with Crippen LogP contribution < -0.4 is 10.1 Å². The second kappa shape index (κ2) is 12.5. The molecule has 9 nitrogen and oxygen atoms in total. The van der Waals surface area contributed by atoms with Gasteiger partial charge in [-0.25, -0.2) is 4.79 Å². The molecule has 0 aromatic heterocycles. The summed E-state index contributed by atoms with van der Waals surface area (Å²) in [5, 5.41) is 11.3. The normalized spacial score (nSPS) is 16.5. The van der Waals surface area contributed by atoms with Gasteiger partial charge >= 0.3 is 18.0 Å². The molecule has 2 unspecified atom stereocenters. The van der Waals surface area contributed by atoms with Crippen LogP contribution in [0.3, 0.4) is 0 Å². The predicted octanol–water partition coefficient (Wildman–Crippen LogP) is 4.11. The van der Waals surface area contributed by atoms with Crippen molar-refractivity contribution in [3.8, 4) is 11.5 Å². The number of hydrogen-bond donors (Lipinski definition) is 2. The molecule has 2 aromatic rings. The van der Waals surface area contributed by atoms with E-state index in [4.69, 9.17) is 14.6 Å². The molecule has 1 aliphatic rings. The van der Waals surface area contributed by atoms with Crippen LogP contribution >= 0.6 is 0 Å². The predicted molar refractivity (Wildman–Crippen MR) is 127 cm³/mol. The Morgan fingerprint density at radius 1 is 0.971 bits per heavy atom. The SMILES string of the molecule is CCCN(Cc1ccc(Oc2ccccc2)cc1)C(=O)OC(=O)C1CCC1NC(=O)CCC(=O)O. The van der Waals surface area contributed by atoms with Crippen molar-refractivity contribution in [3.05, 3.63) is 60.2 Å². The van der Waals surface area contributed by atoms with Crippen molar-refractivity contribution in [3.63, 3.8) is 0 Å². The first-order valence-electron chi connectivity index (χ1n) is 11.7. The van der Waals surface area contributed by atoms with Gasteiger partial charge in [0, 0.05) is 25.6 Å². The molecule has 35 heavy (non-hydrogen) atoms. The monoisotopic (exact) mass is 482 g/mol. The molecule has 0 spiro atoms. The number of ether oxygens (including phenoxy) is 2. The number of carbonyl (C=O) groups excluding carboxylic acids is 3. The Labute approximate surface area is 204 Å². The van der Waals surface area contributed by atoms with E-state index in [1.807, 2.05) is 61.5 Å². The smallest absolute Gasteiger partial charge is 0.417 e. The number of esters is 1. The van der Waals surface area contributed by atoms with Gasteiger partial charge in [-0.3, -0.25) is 14.4 Å². The molecule has 2 amide bonds. The molecule has 0 heterocycles. The molecule has 1 aliphatic carbocycles. The topological polar surface area (TPSA) is 122 Å². The zero-order valence-corrected chi connectivity index (χ0v) is 19.6. The van der Waals surface area contributed by atoms with Crippen LogP contribution in [0.1, 0.15) is 44.6 Å². The summed E-state index contributed by atoms with van der Waals surface area (Å²) in [7, 11) is 0. The summed E-state index contributed by atoms with van der Waals surface area (Å²) in [6, 6.07) is 16.3. The standard InChI is InChI=1S/C26H30N2O7/c1-2-16-28(17-18-8-10-20(11-9-18)34-19-6-4-3-5-7-19)26(33)35-25(32)21-12-13-22(21)27-23(29)14-15-24(30)31/h3-11,21-22H,2,12-17H2,1H3,(H,27,29)(H,30,31). The Morgan fingerprint density at radius 2 is 1.66 bits per heavy atom. The Bertz CT molecular complexity index is 1020. The van der Waals surface area contributed by atoms with Gasteiger partial charge in [-0.1, -0.05) is 37.3 Å². The van der Waals surface area contributed by atoms with Crippen LogP contribution in [0.4, 0.5) is 4.79 Å². The largest absolute Gasteiger partial charge is 0.481 e.